The lowest BCUT2D eigenvalue weighted by atomic mass is 9.91. The number of likely N-dealkylation sites (tertiary alicyclic amines) is 1. The lowest BCUT2D eigenvalue weighted by molar-refractivity contribution is -0.139. The molecule has 8 heteroatoms. The van der Waals surface area contributed by atoms with Gasteiger partial charge in [0.1, 0.15) is 17.6 Å². The normalized spacial score (nSPS) is 24.3. The quantitative estimate of drug-likeness (QED) is 0.519. The highest BCUT2D eigenvalue weighted by Crippen LogP contribution is 2.54. The average Bonchev–Trinajstić information content (AvgIpc) is 3.27. The lowest BCUT2D eigenvalue weighted by Crippen LogP contribution is -2.35. The zero-order chi connectivity index (χ0) is 25.1. The van der Waals surface area contributed by atoms with Crippen molar-refractivity contribution in [3.63, 3.8) is 0 Å². The van der Waals surface area contributed by atoms with Gasteiger partial charge in [-0.15, -0.1) is 0 Å². The topological polar surface area (TPSA) is 59.0 Å². The van der Waals surface area contributed by atoms with Crippen LogP contribution in [0.15, 0.2) is 30.3 Å². The number of hydrogen-bond acceptors (Lipinski definition) is 4. The van der Waals surface area contributed by atoms with Gasteiger partial charge < -0.3 is 14.6 Å². The highest BCUT2D eigenvalue weighted by atomic mass is 19.4. The molecule has 192 valence electrons. The highest BCUT2D eigenvalue weighted by Gasteiger charge is 2.45. The molecule has 2 aromatic carbocycles. The van der Waals surface area contributed by atoms with Gasteiger partial charge >= 0.3 is 12.1 Å². The van der Waals surface area contributed by atoms with Crippen molar-refractivity contribution in [1.29, 1.82) is 0 Å². The molecule has 2 fully saturated rings. The number of fused-ring (bicyclic) bond motifs is 2. The van der Waals surface area contributed by atoms with Crippen molar-refractivity contribution in [3.8, 4) is 11.5 Å². The summed E-state index contributed by atoms with van der Waals surface area (Å²) in [6.45, 7) is 2.37. The van der Waals surface area contributed by atoms with Crippen molar-refractivity contribution in [2.24, 2.45) is 5.41 Å². The number of halogens is 3. The fraction of sp³-hybridized carbons (Fsp3) is 0.536. The molecule has 5 nitrogen and oxygen atoms in total. The van der Waals surface area contributed by atoms with E-state index in [1.165, 1.54) is 18.9 Å². The zero-order valence-corrected chi connectivity index (χ0v) is 20.1. The molecular weight excluding hydrogens is 471 g/mol. The number of rotatable bonds is 6. The van der Waals surface area contributed by atoms with Gasteiger partial charge in [0.15, 0.2) is 0 Å². The fourth-order valence-corrected chi connectivity index (χ4v) is 6.27. The third-order valence-corrected chi connectivity index (χ3v) is 8.60. The number of benzene rings is 2. The van der Waals surface area contributed by atoms with Crippen LogP contribution in [0.3, 0.4) is 0 Å². The minimum absolute atomic E-state index is 0.00548. The standard InChI is InChI=1S/C28H30F3NO4/c29-28(30,31)23-5-3-21-20(22(23)15-32-11-9-27(7-8-27)10-12-32)4-6-24(21)36-18-1-2-19-17(13-26(33)34)16-35-25(19)14-18/h1-3,5,14,17,24H,4,6-13,15-16H2,(H,33,34)/t17?,24-/m1/s1. The summed E-state index contributed by atoms with van der Waals surface area (Å²) in [5.74, 6) is 0.134. The monoisotopic (exact) mass is 501 g/mol. The van der Waals surface area contributed by atoms with E-state index >= 15 is 0 Å². The summed E-state index contributed by atoms with van der Waals surface area (Å²) >= 11 is 0. The lowest BCUT2D eigenvalue weighted by Gasteiger charge is -2.33. The third kappa shape index (κ3) is 4.44. The second-order valence-corrected chi connectivity index (χ2v) is 10.9. The van der Waals surface area contributed by atoms with Crippen molar-refractivity contribution in [3.05, 3.63) is 58.1 Å². The predicted molar refractivity (Wildman–Crippen MR) is 126 cm³/mol. The third-order valence-electron chi connectivity index (χ3n) is 8.60. The minimum atomic E-state index is -4.39. The first-order chi connectivity index (χ1) is 17.2. The Morgan fingerprint density at radius 1 is 1.11 bits per heavy atom. The van der Waals surface area contributed by atoms with Gasteiger partial charge in [-0.05, 0) is 85.9 Å². The van der Waals surface area contributed by atoms with Crippen LogP contribution >= 0.6 is 0 Å². The minimum Gasteiger partial charge on any atom is -0.492 e. The SMILES string of the molecule is O=C(O)CC1COc2cc(O[C@@H]3CCc4c3ccc(C(F)(F)F)c4CN3CCC4(CC3)CC4)ccc21. The Labute approximate surface area is 208 Å². The smallest absolute Gasteiger partial charge is 0.416 e. The molecule has 2 heterocycles. The molecule has 0 amide bonds. The van der Waals surface area contributed by atoms with Crippen LogP contribution in [-0.2, 0) is 23.9 Å². The molecule has 36 heavy (non-hydrogen) atoms. The Morgan fingerprint density at radius 2 is 1.86 bits per heavy atom. The first-order valence-electron chi connectivity index (χ1n) is 12.8. The summed E-state index contributed by atoms with van der Waals surface area (Å²) in [5.41, 5.74) is 2.83. The Morgan fingerprint density at radius 3 is 2.56 bits per heavy atom. The number of alkyl halides is 3. The molecule has 1 unspecified atom stereocenters. The van der Waals surface area contributed by atoms with E-state index in [1.54, 1.807) is 18.2 Å². The highest BCUT2D eigenvalue weighted by molar-refractivity contribution is 5.68. The van der Waals surface area contributed by atoms with Crippen LogP contribution in [0.1, 0.15) is 78.4 Å². The van der Waals surface area contributed by atoms with E-state index in [1.807, 2.05) is 6.07 Å². The van der Waals surface area contributed by atoms with Gasteiger partial charge in [0, 0.05) is 24.1 Å². The van der Waals surface area contributed by atoms with E-state index in [2.05, 4.69) is 4.90 Å². The Kier molecular flexibility index (Phi) is 5.70. The molecule has 1 spiro atoms. The van der Waals surface area contributed by atoms with Crippen molar-refractivity contribution in [1.82, 2.24) is 4.90 Å². The fourth-order valence-electron chi connectivity index (χ4n) is 6.27. The van der Waals surface area contributed by atoms with Crippen LogP contribution in [0.2, 0.25) is 0 Å². The molecule has 2 atom stereocenters. The maximum atomic E-state index is 14.0. The second-order valence-electron chi connectivity index (χ2n) is 10.9. The summed E-state index contributed by atoms with van der Waals surface area (Å²) in [7, 11) is 0. The molecule has 0 bridgehead atoms. The summed E-state index contributed by atoms with van der Waals surface area (Å²) in [5, 5.41) is 9.10. The molecular formula is C28H30F3NO4. The van der Waals surface area contributed by atoms with Crippen LogP contribution in [-0.4, -0.2) is 35.7 Å². The average molecular weight is 502 g/mol. The first-order valence-corrected chi connectivity index (χ1v) is 12.8. The van der Waals surface area contributed by atoms with Gasteiger partial charge in [-0.3, -0.25) is 9.69 Å². The maximum absolute atomic E-state index is 14.0. The van der Waals surface area contributed by atoms with Crippen LogP contribution in [0, 0.1) is 5.41 Å². The molecule has 0 radical (unpaired) electrons. The number of carboxylic acid groups (broad SMARTS) is 1. The number of carboxylic acids is 1. The molecule has 4 aliphatic rings. The first kappa shape index (κ1) is 23.6. The molecule has 2 aliphatic carbocycles. The largest absolute Gasteiger partial charge is 0.492 e. The van der Waals surface area contributed by atoms with Crippen LogP contribution in [0.4, 0.5) is 13.2 Å². The van der Waals surface area contributed by atoms with Gasteiger partial charge in [0.2, 0.25) is 0 Å². The summed E-state index contributed by atoms with van der Waals surface area (Å²) in [6.07, 6.45) is 1.17. The number of piperidine rings is 1. The van der Waals surface area contributed by atoms with Crippen molar-refractivity contribution in [2.75, 3.05) is 19.7 Å². The van der Waals surface area contributed by atoms with E-state index in [-0.39, 0.29) is 18.4 Å². The number of aliphatic carboxylic acids is 1. The molecule has 6 rings (SSSR count). The molecule has 2 aromatic rings. The van der Waals surface area contributed by atoms with Crippen LogP contribution in [0.25, 0.3) is 0 Å². The number of ether oxygens (including phenoxy) is 2. The van der Waals surface area contributed by atoms with Gasteiger partial charge in [0.05, 0.1) is 18.6 Å². The molecule has 0 aromatic heterocycles. The van der Waals surface area contributed by atoms with E-state index < -0.39 is 17.7 Å². The van der Waals surface area contributed by atoms with E-state index in [4.69, 9.17) is 14.6 Å². The van der Waals surface area contributed by atoms with Crippen LogP contribution < -0.4 is 9.47 Å². The maximum Gasteiger partial charge on any atom is 0.416 e. The van der Waals surface area contributed by atoms with Crippen LogP contribution in [0.5, 0.6) is 11.5 Å². The van der Waals surface area contributed by atoms with E-state index in [9.17, 15) is 18.0 Å². The molecule has 2 aliphatic heterocycles. The van der Waals surface area contributed by atoms with Gasteiger partial charge in [-0.1, -0.05) is 12.1 Å². The Hall–Kier alpha value is -2.74. The number of hydrogen-bond donors (Lipinski definition) is 1. The zero-order valence-electron chi connectivity index (χ0n) is 20.1. The predicted octanol–water partition coefficient (Wildman–Crippen LogP) is 6.10. The second kappa shape index (κ2) is 8.68. The molecule has 1 N–H and O–H groups in total. The van der Waals surface area contributed by atoms with E-state index in [0.29, 0.717) is 48.5 Å². The molecule has 1 saturated carbocycles. The van der Waals surface area contributed by atoms with E-state index in [0.717, 1.165) is 42.6 Å². The summed E-state index contributed by atoms with van der Waals surface area (Å²) in [6, 6.07) is 8.21. The summed E-state index contributed by atoms with van der Waals surface area (Å²) in [4.78, 5) is 13.3. The van der Waals surface area contributed by atoms with Crippen molar-refractivity contribution < 1.29 is 32.5 Å². The van der Waals surface area contributed by atoms with Crippen molar-refractivity contribution >= 4 is 5.97 Å². The van der Waals surface area contributed by atoms with Gasteiger partial charge in [-0.25, -0.2) is 0 Å². The Balaban J connectivity index is 1.23. The number of carbonyl (C=O) groups is 1. The van der Waals surface area contributed by atoms with Gasteiger partial charge in [0.25, 0.3) is 0 Å². The molecule has 1 saturated heterocycles. The number of nitrogens with zero attached hydrogens (tertiary/aromatic N) is 1. The summed E-state index contributed by atoms with van der Waals surface area (Å²) < 4.78 is 53.9. The Bertz CT molecular complexity index is 1180. The van der Waals surface area contributed by atoms with Gasteiger partial charge in [-0.2, -0.15) is 13.2 Å². The van der Waals surface area contributed by atoms with Crippen molar-refractivity contribution in [2.45, 2.75) is 69.7 Å².